The molecule has 1 saturated heterocycles. The van der Waals surface area contributed by atoms with E-state index >= 15 is 0 Å². The summed E-state index contributed by atoms with van der Waals surface area (Å²) in [5, 5.41) is 7.43. The second-order valence-corrected chi connectivity index (χ2v) is 13.2. The Kier molecular flexibility index (Phi) is 6.35. The molecule has 39 heavy (non-hydrogen) atoms. The Bertz CT molecular complexity index is 1310. The summed E-state index contributed by atoms with van der Waals surface area (Å²) in [5.74, 6) is 0.922. The summed E-state index contributed by atoms with van der Waals surface area (Å²) in [6.45, 7) is 3.15. The van der Waals surface area contributed by atoms with E-state index in [1.807, 2.05) is 17.8 Å². The zero-order chi connectivity index (χ0) is 26.6. The van der Waals surface area contributed by atoms with Gasteiger partial charge < -0.3 is 15.5 Å². The predicted octanol–water partition coefficient (Wildman–Crippen LogP) is 8.38. The van der Waals surface area contributed by atoms with Gasteiger partial charge in [0.15, 0.2) is 0 Å². The van der Waals surface area contributed by atoms with Crippen LogP contribution in [0.3, 0.4) is 0 Å². The van der Waals surface area contributed by atoms with E-state index in [9.17, 15) is 13.2 Å². The molecule has 3 aliphatic heterocycles. The van der Waals surface area contributed by atoms with Gasteiger partial charge in [0.1, 0.15) is 0 Å². The molecule has 2 fully saturated rings. The minimum absolute atomic E-state index is 0.0999. The number of likely N-dealkylation sites (tertiary alicyclic amines) is 1. The first kappa shape index (κ1) is 25.3. The third kappa shape index (κ3) is 4.82. The lowest BCUT2D eigenvalue weighted by molar-refractivity contribution is -0.137. The van der Waals surface area contributed by atoms with Crippen LogP contribution >= 0.6 is 11.8 Å². The lowest BCUT2D eigenvalue weighted by Gasteiger charge is -2.47. The minimum atomic E-state index is -4.33. The van der Waals surface area contributed by atoms with E-state index in [-0.39, 0.29) is 16.8 Å². The molecular weight excluding hydrogens is 515 g/mol. The third-order valence-corrected chi connectivity index (χ3v) is 10.9. The summed E-state index contributed by atoms with van der Waals surface area (Å²) < 4.78 is 41.1. The van der Waals surface area contributed by atoms with Crippen LogP contribution in [0.5, 0.6) is 0 Å². The number of halogens is 3. The second kappa shape index (κ2) is 9.77. The van der Waals surface area contributed by atoms with Crippen molar-refractivity contribution in [3.63, 3.8) is 0 Å². The molecule has 0 bridgehead atoms. The van der Waals surface area contributed by atoms with Crippen molar-refractivity contribution in [1.82, 2.24) is 4.90 Å². The van der Waals surface area contributed by atoms with Crippen molar-refractivity contribution < 1.29 is 13.2 Å². The average molecular weight is 550 g/mol. The number of fused-ring (bicyclic) bond motifs is 4. The van der Waals surface area contributed by atoms with Crippen molar-refractivity contribution in [3.05, 3.63) is 89.5 Å². The summed E-state index contributed by atoms with van der Waals surface area (Å²) in [7, 11) is 0. The van der Waals surface area contributed by atoms with Crippen molar-refractivity contribution in [3.8, 4) is 0 Å². The summed E-state index contributed by atoms with van der Waals surface area (Å²) in [4.78, 5) is 4.05. The maximum absolute atomic E-state index is 13.7. The van der Waals surface area contributed by atoms with Crippen LogP contribution in [0.15, 0.2) is 77.7 Å². The number of rotatable bonds is 3. The van der Waals surface area contributed by atoms with Crippen molar-refractivity contribution in [2.75, 3.05) is 30.3 Å². The molecule has 2 N–H and O–H groups in total. The van der Waals surface area contributed by atoms with Gasteiger partial charge in [-0.05, 0) is 91.3 Å². The normalized spacial score (nSPS) is 27.7. The van der Waals surface area contributed by atoms with Crippen LogP contribution in [0.4, 0.5) is 24.5 Å². The first-order valence-corrected chi connectivity index (χ1v) is 15.0. The molecule has 204 valence electrons. The maximum atomic E-state index is 13.7. The van der Waals surface area contributed by atoms with Crippen LogP contribution in [-0.2, 0) is 6.18 Å². The minimum Gasteiger partial charge on any atom is -0.378 e. The Morgan fingerprint density at radius 1 is 0.897 bits per heavy atom. The molecule has 3 aromatic rings. The highest BCUT2D eigenvalue weighted by atomic mass is 32.2. The van der Waals surface area contributed by atoms with E-state index in [1.165, 1.54) is 28.3 Å². The van der Waals surface area contributed by atoms with E-state index in [0.29, 0.717) is 11.8 Å². The molecule has 1 spiro atoms. The SMILES string of the molecule is FC(F)(F)c1ccc2c(c1)[C@H]1C[C@@H](CN3CCC4(CC3)Nc3ccccc3S4)CC[C@H]1[C@H](c1ccccc1)N2. The quantitative estimate of drug-likeness (QED) is 0.343. The van der Waals surface area contributed by atoms with Crippen molar-refractivity contribution in [2.24, 2.45) is 11.8 Å². The summed E-state index contributed by atoms with van der Waals surface area (Å²) in [5.41, 5.74) is 3.66. The number of alkyl halides is 3. The summed E-state index contributed by atoms with van der Waals surface area (Å²) in [6, 6.07) is 23.4. The molecule has 3 aromatic carbocycles. The van der Waals surface area contributed by atoms with Gasteiger partial charge >= 0.3 is 6.18 Å². The summed E-state index contributed by atoms with van der Waals surface area (Å²) in [6.07, 6.45) is 0.975. The van der Waals surface area contributed by atoms with Crippen LogP contribution in [0, 0.1) is 11.8 Å². The molecule has 3 heterocycles. The van der Waals surface area contributed by atoms with Crippen LogP contribution in [-0.4, -0.2) is 29.4 Å². The molecule has 1 saturated carbocycles. The number of hydrogen-bond donors (Lipinski definition) is 2. The Hall–Kier alpha value is -2.64. The molecule has 4 atom stereocenters. The zero-order valence-corrected chi connectivity index (χ0v) is 22.7. The highest BCUT2D eigenvalue weighted by Crippen LogP contribution is 2.54. The Balaban J connectivity index is 1.08. The van der Waals surface area contributed by atoms with Gasteiger partial charge in [-0.15, -0.1) is 0 Å². The fourth-order valence-corrected chi connectivity index (χ4v) is 8.82. The van der Waals surface area contributed by atoms with Gasteiger partial charge in [-0.25, -0.2) is 0 Å². The Morgan fingerprint density at radius 2 is 1.67 bits per heavy atom. The van der Waals surface area contributed by atoms with Crippen molar-refractivity contribution in [1.29, 1.82) is 0 Å². The van der Waals surface area contributed by atoms with Crippen LogP contribution in [0.25, 0.3) is 0 Å². The molecule has 1 aliphatic carbocycles. The number of nitrogens with zero attached hydrogens (tertiary/aromatic N) is 1. The molecule has 4 aliphatic rings. The molecule has 3 nitrogen and oxygen atoms in total. The number of thioether (sulfide) groups is 1. The van der Waals surface area contributed by atoms with E-state index in [0.717, 1.165) is 63.0 Å². The number of para-hydroxylation sites is 1. The van der Waals surface area contributed by atoms with E-state index in [4.69, 9.17) is 0 Å². The van der Waals surface area contributed by atoms with Crippen molar-refractivity contribution in [2.45, 2.75) is 60.0 Å². The Morgan fingerprint density at radius 3 is 2.44 bits per heavy atom. The fourth-order valence-electron chi connectivity index (χ4n) is 7.48. The zero-order valence-electron chi connectivity index (χ0n) is 21.9. The summed E-state index contributed by atoms with van der Waals surface area (Å²) >= 11 is 1.98. The smallest absolute Gasteiger partial charge is 0.378 e. The highest BCUT2D eigenvalue weighted by Gasteiger charge is 2.44. The first-order valence-electron chi connectivity index (χ1n) is 14.2. The van der Waals surface area contributed by atoms with Gasteiger partial charge in [0.05, 0.1) is 16.5 Å². The number of nitrogens with one attached hydrogen (secondary N) is 2. The molecule has 0 aromatic heterocycles. The number of hydrogen-bond acceptors (Lipinski definition) is 4. The van der Waals surface area contributed by atoms with Gasteiger partial charge in [0, 0.05) is 35.9 Å². The van der Waals surface area contributed by atoms with E-state index < -0.39 is 11.7 Å². The van der Waals surface area contributed by atoms with Gasteiger partial charge in [0.25, 0.3) is 0 Å². The topological polar surface area (TPSA) is 27.3 Å². The number of piperidine rings is 1. The Labute approximate surface area is 232 Å². The van der Waals surface area contributed by atoms with Crippen LogP contribution in [0.1, 0.15) is 60.8 Å². The molecule has 0 amide bonds. The highest BCUT2D eigenvalue weighted by molar-refractivity contribution is 8.01. The lowest BCUT2D eigenvalue weighted by atomic mass is 9.65. The largest absolute Gasteiger partial charge is 0.416 e. The molecule has 7 rings (SSSR count). The maximum Gasteiger partial charge on any atom is 0.416 e. The van der Waals surface area contributed by atoms with Crippen LogP contribution < -0.4 is 10.6 Å². The van der Waals surface area contributed by atoms with Gasteiger partial charge in [-0.2, -0.15) is 13.2 Å². The predicted molar refractivity (Wildman–Crippen MR) is 152 cm³/mol. The third-order valence-electron chi connectivity index (χ3n) is 9.42. The first-order chi connectivity index (χ1) is 18.9. The van der Waals surface area contributed by atoms with Gasteiger partial charge in [-0.1, -0.05) is 54.2 Å². The fraction of sp³-hybridized carbons (Fsp3) is 0.438. The second-order valence-electron chi connectivity index (χ2n) is 11.8. The standard InChI is InChI=1S/C32H34F3N3S/c33-32(34,35)23-11-13-27-26(19-23)25-18-21(10-12-24(25)30(36-27)22-6-2-1-3-7-22)20-38-16-14-31(15-17-38)37-28-8-4-5-9-29(28)39-31/h1-9,11,13,19,21,24-25,30,36-37H,10,12,14-18,20H2/t21-,24+,25-,30-/m0/s1. The van der Waals surface area contributed by atoms with Gasteiger partial charge in [0.2, 0.25) is 0 Å². The van der Waals surface area contributed by atoms with E-state index in [2.05, 4.69) is 64.1 Å². The lowest BCUT2D eigenvalue weighted by Crippen LogP contribution is -2.47. The number of anilines is 2. The monoisotopic (exact) mass is 549 g/mol. The molecule has 0 radical (unpaired) electrons. The average Bonchev–Trinajstić information content (AvgIpc) is 3.31. The van der Waals surface area contributed by atoms with Crippen molar-refractivity contribution >= 4 is 23.1 Å². The molecule has 7 heteroatoms. The number of benzene rings is 3. The van der Waals surface area contributed by atoms with E-state index in [1.54, 1.807) is 6.07 Å². The van der Waals surface area contributed by atoms with Crippen LogP contribution in [0.2, 0.25) is 0 Å². The molecular formula is C32H34F3N3S. The molecule has 0 unspecified atom stereocenters. The van der Waals surface area contributed by atoms with Gasteiger partial charge in [-0.3, -0.25) is 0 Å².